The number of esters is 1. The Hall–Kier alpha value is -2.07. The molecule has 1 heterocycles. The minimum absolute atomic E-state index is 0.00273. The van der Waals surface area contributed by atoms with Crippen LogP contribution < -0.4 is 5.73 Å². The first-order valence-corrected chi connectivity index (χ1v) is 5.07. The standard InChI is InChI=1S/C9H8N2O4S/c1-2-15-9(14)5-4(3-10)7(11)16-6(5)8(12)13/h2,11H2,1H3,(H,12,13). The van der Waals surface area contributed by atoms with E-state index in [0.717, 1.165) is 0 Å². The molecule has 0 unspecified atom stereocenters. The molecule has 16 heavy (non-hydrogen) atoms. The molecule has 1 aromatic heterocycles. The van der Waals surface area contributed by atoms with Gasteiger partial charge in [-0.05, 0) is 6.92 Å². The van der Waals surface area contributed by atoms with Crippen molar-refractivity contribution in [2.24, 2.45) is 0 Å². The zero-order valence-electron chi connectivity index (χ0n) is 8.31. The van der Waals surface area contributed by atoms with Crippen molar-refractivity contribution in [1.29, 1.82) is 5.26 Å². The summed E-state index contributed by atoms with van der Waals surface area (Å²) < 4.78 is 4.67. The van der Waals surface area contributed by atoms with Crippen molar-refractivity contribution < 1.29 is 19.4 Å². The second-order valence-electron chi connectivity index (χ2n) is 2.68. The van der Waals surface area contributed by atoms with Crippen LogP contribution in [0.1, 0.15) is 32.5 Å². The summed E-state index contributed by atoms with van der Waals surface area (Å²) in [5.74, 6) is -2.15. The molecule has 0 aliphatic rings. The second-order valence-corrected chi connectivity index (χ2v) is 3.74. The smallest absolute Gasteiger partial charge is 0.346 e. The van der Waals surface area contributed by atoms with Crippen molar-refractivity contribution in [3.05, 3.63) is 16.0 Å². The molecule has 0 spiro atoms. The highest BCUT2D eigenvalue weighted by atomic mass is 32.1. The number of hydrogen-bond donors (Lipinski definition) is 2. The van der Waals surface area contributed by atoms with Crippen molar-refractivity contribution >= 4 is 28.3 Å². The summed E-state index contributed by atoms with van der Waals surface area (Å²) in [6, 6.07) is 1.70. The number of nitriles is 1. The van der Waals surface area contributed by atoms with Crippen molar-refractivity contribution in [3.8, 4) is 6.07 Å². The molecular weight excluding hydrogens is 232 g/mol. The highest BCUT2D eigenvalue weighted by Gasteiger charge is 2.27. The number of hydrogen-bond acceptors (Lipinski definition) is 6. The Balaban J connectivity index is 3.38. The maximum atomic E-state index is 11.5. The average Bonchev–Trinajstić information content (AvgIpc) is 2.55. The van der Waals surface area contributed by atoms with E-state index in [1.807, 2.05) is 0 Å². The molecule has 0 aromatic carbocycles. The van der Waals surface area contributed by atoms with Crippen LogP contribution in [-0.4, -0.2) is 23.7 Å². The fourth-order valence-electron chi connectivity index (χ4n) is 1.11. The van der Waals surface area contributed by atoms with E-state index in [4.69, 9.17) is 16.1 Å². The van der Waals surface area contributed by atoms with Gasteiger partial charge in [-0.25, -0.2) is 9.59 Å². The third-order valence-corrected chi connectivity index (χ3v) is 2.73. The monoisotopic (exact) mass is 240 g/mol. The number of rotatable bonds is 3. The van der Waals surface area contributed by atoms with E-state index in [2.05, 4.69) is 4.74 Å². The van der Waals surface area contributed by atoms with Gasteiger partial charge in [-0.1, -0.05) is 0 Å². The Bertz CT molecular complexity index is 486. The molecule has 6 nitrogen and oxygen atoms in total. The minimum Gasteiger partial charge on any atom is -0.477 e. The molecule has 0 saturated heterocycles. The van der Waals surface area contributed by atoms with E-state index >= 15 is 0 Å². The molecule has 0 aliphatic carbocycles. The van der Waals surface area contributed by atoms with E-state index < -0.39 is 11.9 Å². The van der Waals surface area contributed by atoms with E-state index in [0.29, 0.717) is 11.3 Å². The molecular formula is C9H8N2O4S. The van der Waals surface area contributed by atoms with Crippen LogP contribution in [0.3, 0.4) is 0 Å². The number of aromatic carboxylic acids is 1. The first-order chi connectivity index (χ1) is 7.52. The second kappa shape index (κ2) is 4.63. The van der Waals surface area contributed by atoms with E-state index in [9.17, 15) is 9.59 Å². The minimum atomic E-state index is -1.30. The van der Waals surface area contributed by atoms with Gasteiger partial charge in [0, 0.05) is 0 Å². The number of thiophene rings is 1. The maximum absolute atomic E-state index is 11.5. The van der Waals surface area contributed by atoms with Gasteiger partial charge in [0.25, 0.3) is 0 Å². The number of carbonyl (C=O) groups is 2. The summed E-state index contributed by atoms with van der Waals surface area (Å²) in [5.41, 5.74) is 5.05. The number of nitrogens with zero attached hydrogens (tertiary/aromatic N) is 1. The molecule has 1 aromatic rings. The van der Waals surface area contributed by atoms with Crippen LogP contribution in [0.5, 0.6) is 0 Å². The quantitative estimate of drug-likeness (QED) is 0.764. The molecule has 0 saturated carbocycles. The molecule has 0 radical (unpaired) electrons. The summed E-state index contributed by atoms with van der Waals surface area (Å²) in [6.45, 7) is 1.68. The number of nitrogen functional groups attached to an aromatic ring is 1. The van der Waals surface area contributed by atoms with Crippen LogP contribution in [0.15, 0.2) is 0 Å². The Morgan fingerprint density at radius 2 is 2.25 bits per heavy atom. The van der Waals surface area contributed by atoms with Gasteiger partial charge in [0.15, 0.2) is 0 Å². The topological polar surface area (TPSA) is 113 Å². The molecule has 0 amide bonds. The van der Waals surface area contributed by atoms with Crippen molar-refractivity contribution in [3.63, 3.8) is 0 Å². The maximum Gasteiger partial charge on any atom is 0.346 e. The Morgan fingerprint density at radius 1 is 1.62 bits per heavy atom. The van der Waals surface area contributed by atoms with Gasteiger partial charge in [0.2, 0.25) is 0 Å². The van der Waals surface area contributed by atoms with E-state index in [-0.39, 0.29) is 27.6 Å². The summed E-state index contributed by atoms with van der Waals surface area (Å²) in [7, 11) is 0. The van der Waals surface area contributed by atoms with Crippen LogP contribution in [0.2, 0.25) is 0 Å². The first kappa shape index (κ1) is 12.0. The normalized spacial score (nSPS) is 9.50. The molecule has 3 N–H and O–H groups in total. The van der Waals surface area contributed by atoms with Gasteiger partial charge in [-0.2, -0.15) is 5.26 Å². The number of ether oxygens (including phenoxy) is 1. The Kier molecular flexibility index (Phi) is 3.48. The average molecular weight is 240 g/mol. The molecule has 0 fully saturated rings. The molecule has 84 valence electrons. The molecule has 1 rings (SSSR count). The lowest BCUT2D eigenvalue weighted by molar-refractivity contribution is 0.0516. The highest BCUT2D eigenvalue weighted by Crippen LogP contribution is 2.31. The molecule has 7 heteroatoms. The molecule has 0 bridgehead atoms. The molecule has 0 aliphatic heterocycles. The number of carboxylic acid groups (broad SMARTS) is 1. The van der Waals surface area contributed by atoms with Gasteiger partial charge in [-0.15, -0.1) is 11.3 Å². The highest BCUT2D eigenvalue weighted by molar-refractivity contribution is 7.18. The number of anilines is 1. The van der Waals surface area contributed by atoms with Crippen molar-refractivity contribution in [2.45, 2.75) is 6.92 Å². The van der Waals surface area contributed by atoms with Crippen LogP contribution in [0, 0.1) is 11.3 Å². The predicted molar refractivity (Wildman–Crippen MR) is 56.4 cm³/mol. The molecule has 0 atom stereocenters. The van der Waals surface area contributed by atoms with Gasteiger partial charge < -0.3 is 15.6 Å². The van der Waals surface area contributed by atoms with Gasteiger partial charge in [0.05, 0.1) is 6.61 Å². The third-order valence-electron chi connectivity index (χ3n) is 1.72. The van der Waals surface area contributed by atoms with Crippen molar-refractivity contribution in [1.82, 2.24) is 0 Å². The van der Waals surface area contributed by atoms with E-state index in [1.54, 1.807) is 13.0 Å². The first-order valence-electron chi connectivity index (χ1n) is 4.25. The number of nitrogens with two attached hydrogens (primary N) is 1. The third kappa shape index (κ3) is 1.97. The lowest BCUT2D eigenvalue weighted by Gasteiger charge is -2.00. The number of carbonyl (C=O) groups excluding carboxylic acids is 1. The van der Waals surface area contributed by atoms with Crippen molar-refractivity contribution in [2.75, 3.05) is 12.3 Å². The summed E-state index contributed by atoms with van der Waals surface area (Å²) in [6.07, 6.45) is 0. The Labute approximate surface area is 94.9 Å². The van der Waals surface area contributed by atoms with E-state index in [1.165, 1.54) is 0 Å². The van der Waals surface area contributed by atoms with Gasteiger partial charge >= 0.3 is 11.9 Å². The van der Waals surface area contributed by atoms with Gasteiger partial charge in [0.1, 0.15) is 27.1 Å². The largest absolute Gasteiger partial charge is 0.477 e. The van der Waals surface area contributed by atoms with Crippen LogP contribution in [0.25, 0.3) is 0 Å². The van der Waals surface area contributed by atoms with Gasteiger partial charge in [-0.3, -0.25) is 0 Å². The predicted octanol–water partition coefficient (Wildman–Crippen LogP) is 1.08. The van der Waals surface area contributed by atoms with Crippen LogP contribution in [-0.2, 0) is 4.74 Å². The fraction of sp³-hybridized carbons (Fsp3) is 0.222. The number of carboxylic acids is 1. The lowest BCUT2D eigenvalue weighted by Crippen LogP contribution is -2.10. The van der Waals surface area contributed by atoms with Crippen LogP contribution in [0.4, 0.5) is 5.00 Å². The zero-order chi connectivity index (χ0) is 12.3. The zero-order valence-corrected chi connectivity index (χ0v) is 9.13. The lowest BCUT2D eigenvalue weighted by atomic mass is 10.1. The van der Waals surface area contributed by atoms with Crippen LogP contribution >= 0.6 is 11.3 Å². The Morgan fingerprint density at radius 3 is 2.69 bits per heavy atom. The SMILES string of the molecule is CCOC(=O)c1c(C(=O)O)sc(N)c1C#N. The summed E-state index contributed by atoms with van der Waals surface area (Å²) in [4.78, 5) is 22.1. The summed E-state index contributed by atoms with van der Waals surface area (Å²) >= 11 is 0.683. The summed E-state index contributed by atoms with van der Waals surface area (Å²) in [5, 5.41) is 17.6. The fourth-order valence-corrected chi connectivity index (χ4v) is 1.95.